The lowest BCUT2D eigenvalue weighted by molar-refractivity contribution is -0.119. The van der Waals surface area contributed by atoms with Gasteiger partial charge in [-0.25, -0.2) is 9.78 Å². The lowest BCUT2D eigenvalue weighted by Gasteiger charge is -2.12. The third-order valence-electron chi connectivity index (χ3n) is 5.87. The number of anilines is 2. The molecule has 2 N–H and O–H groups in total. The van der Waals surface area contributed by atoms with Gasteiger partial charge in [0.1, 0.15) is 5.65 Å². The predicted molar refractivity (Wildman–Crippen MR) is 128 cm³/mol. The number of aromatic nitrogens is 2. The first kappa shape index (κ1) is 22.8. The van der Waals surface area contributed by atoms with Crippen molar-refractivity contribution in [2.24, 2.45) is 5.92 Å². The average molecular weight is 451 g/mol. The van der Waals surface area contributed by atoms with Gasteiger partial charge in [-0.3, -0.25) is 4.79 Å². The van der Waals surface area contributed by atoms with E-state index in [2.05, 4.69) is 22.5 Å². The standard InChI is InChI=1S/C25H30N4O4/c1-3-11-26-19-14-20-21(28-24(30)18-10-13-33-16-18)22(25(31)32-2)29(23(20)27-15-19)12-9-17-7-5-4-6-8-17/h4-8,14-15,18,26H,3,9-13,16H2,1-2H3,(H,28,30)/t18-/m1/s1. The van der Waals surface area contributed by atoms with Crippen molar-refractivity contribution in [1.82, 2.24) is 9.55 Å². The van der Waals surface area contributed by atoms with Crippen LogP contribution in [0.5, 0.6) is 0 Å². The Kier molecular flexibility index (Phi) is 7.24. The van der Waals surface area contributed by atoms with Gasteiger partial charge in [-0.15, -0.1) is 0 Å². The first-order valence-corrected chi connectivity index (χ1v) is 11.4. The molecule has 3 heterocycles. The van der Waals surface area contributed by atoms with Gasteiger partial charge in [-0.1, -0.05) is 37.3 Å². The maximum atomic E-state index is 13.0. The zero-order valence-corrected chi connectivity index (χ0v) is 19.1. The van der Waals surface area contributed by atoms with Crippen molar-refractivity contribution < 1.29 is 19.1 Å². The number of nitrogens with zero attached hydrogens (tertiary/aromatic N) is 2. The number of hydrogen-bond donors (Lipinski definition) is 2. The Hall–Kier alpha value is -3.39. The van der Waals surface area contributed by atoms with Crippen LogP contribution in [0.15, 0.2) is 42.6 Å². The van der Waals surface area contributed by atoms with Crippen molar-refractivity contribution in [3.05, 3.63) is 53.9 Å². The molecule has 33 heavy (non-hydrogen) atoms. The Morgan fingerprint density at radius 2 is 2.09 bits per heavy atom. The van der Waals surface area contributed by atoms with E-state index in [0.29, 0.717) is 55.0 Å². The number of carbonyl (C=O) groups excluding carboxylic acids is 2. The zero-order valence-electron chi connectivity index (χ0n) is 19.1. The number of rotatable bonds is 9. The van der Waals surface area contributed by atoms with E-state index < -0.39 is 5.97 Å². The largest absolute Gasteiger partial charge is 0.464 e. The van der Waals surface area contributed by atoms with Crippen LogP contribution >= 0.6 is 0 Å². The second kappa shape index (κ2) is 10.5. The number of benzene rings is 1. The maximum Gasteiger partial charge on any atom is 0.356 e. The third kappa shape index (κ3) is 5.01. The summed E-state index contributed by atoms with van der Waals surface area (Å²) in [5, 5.41) is 7.04. The van der Waals surface area contributed by atoms with Gasteiger partial charge in [0.15, 0.2) is 5.69 Å². The molecule has 2 aromatic heterocycles. The smallest absolute Gasteiger partial charge is 0.356 e. The van der Waals surface area contributed by atoms with Crippen LogP contribution in [0.25, 0.3) is 11.0 Å². The van der Waals surface area contributed by atoms with E-state index in [-0.39, 0.29) is 11.8 Å². The summed E-state index contributed by atoms with van der Waals surface area (Å²) >= 11 is 0. The van der Waals surface area contributed by atoms with E-state index in [1.165, 1.54) is 7.11 Å². The number of aryl methyl sites for hydroxylation is 2. The lowest BCUT2D eigenvalue weighted by Crippen LogP contribution is -2.24. The summed E-state index contributed by atoms with van der Waals surface area (Å²) in [5.74, 6) is -0.915. The van der Waals surface area contributed by atoms with Crippen molar-refractivity contribution in [3.63, 3.8) is 0 Å². The molecule has 1 aliphatic heterocycles. The Labute approximate surface area is 193 Å². The molecule has 0 saturated carbocycles. The van der Waals surface area contributed by atoms with Crippen molar-refractivity contribution in [2.75, 3.05) is 37.5 Å². The first-order valence-electron chi connectivity index (χ1n) is 11.4. The normalized spacial score (nSPS) is 15.5. The molecule has 8 nitrogen and oxygen atoms in total. The molecule has 0 radical (unpaired) electrons. The molecule has 1 aromatic carbocycles. The number of nitrogens with one attached hydrogen (secondary N) is 2. The molecule has 0 unspecified atom stereocenters. The Morgan fingerprint density at radius 3 is 2.79 bits per heavy atom. The van der Waals surface area contributed by atoms with Gasteiger partial charge >= 0.3 is 5.97 Å². The van der Waals surface area contributed by atoms with E-state index in [0.717, 1.165) is 24.2 Å². The fraction of sp³-hybridized carbons (Fsp3) is 0.400. The molecule has 0 spiro atoms. The molecule has 4 rings (SSSR count). The molecule has 0 aliphatic carbocycles. The van der Waals surface area contributed by atoms with Crippen LogP contribution in [0.2, 0.25) is 0 Å². The summed E-state index contributed by atoms with van der Waals surface area (Å²) in [4.78, 5) is 30.6. The van der Waals surface area contributed by atoms with Crippen molar-refractivity contribution in [3.8, 4) is 0 Å². The molecule has 1 saturated heterocycles. The number of carbonyl (C=O) groups is 2. The Morgan fingerprint density at radius 1 is 1.27 bits per heavy atom. The van der Waals surface area contributed by atoms with E-state index in [1.54, 1.807) is 6.20 Å². The summed E-state index contributed by atoms with van der Waals surface area (Å²) in [5.41, 5.74) is 3.35. The molecule has 1 amide bonds. The minimum Gasteiger partial charge on any atom is -0.464 e. The fourth-order valence-electron chi connectivity index (χ4n) is 4.10. The van der Waals surface area contributed by atoms with Crippen LogP contribution in [0.3, 0.4) is 0 Å². The van der Waals surface area contributed by atoms with Crippen molar-refractivity contribution >= 4 is 34.3 Å². The van der Waals surface area contributed by atoms with Crippen LogP contribution in [0.1, 0.15) is 35.8 Å². The van der Waals surface area contributed by atoms with Crippen LogP contribution in [0.4, 0.5) is 11.4 Å². The average Bonchev–Trinajstić information content (AvgIpc) is 3.49. The molecule has 8 heteroatoms. The molecular weight excluding hydrogens is 420 g/mol. The minimum atomic E-state index is -0.512. The van der Waals surface area contributed by atoms with Gasteiger partial charge in [-0.05, 0) is 30.9 Å². The second-order valence-corrected chi connectivity index (χ2v) is 8.17. The second-order valence-electron chi connectivity index (χ2n) is 8.17. The summed E-state index contributed by atoms with van der Waals surface area (Å²) in [6, 6.07) is 12.0. The summed E-state index contributed by atoms with van der Waals surface area (Å²) in [6.45, 7) is 4.35. The van der Waals surface area contributed by atoms with Gasteiger partial charge in [0, 0.05) is 25.1 Å². The van der Waals surface area contributed by atoms with Crippen LogP contribution < -0.4 is 10.6 Å². The van der Waals surface area contributed by atoms with Gasteiger partial charge in [-0.2, -0.15) is 0 Å². The summed E-state index contributed by atoms with van der Waals surface area (Å²) in [6.07, 6.45) is 4.09. The zero-order chi connectivity index (χ0) is 23.2. The van der Waals surface area contributed by atoms with E-state index in [4.69, 9.17) is 9.47 Å². The Balaban J connectivity index is 1.79. The van der Waals surface area contributed by atoms with Crippen LogP contribution in [-0.4, -0.2) is 48.3 Å². The number of amides is 1. The SMILES string of the molecule is CCCNc1cnc2c(c1)c(NC(=O)[C@@H]1CCOC1)c(C(=O)OC)n2CCc1ccccc1. The molecule has 3 aromatic rings. The summed E-state index contributed by atoms with van der Waals surface area (Å²) < 4.78 is 12.3. The fourth-order valence-corrected chi connectivity index (χ4v) is 4.10. The lowest BCUT2D eigenvalue weighted by atomic mass is 10.1. The maximum absolute atomic E-state index is 13.0. The van der Waals surface area contributed by atoms with Crippen molar-refractivity contribution in [2.45, 2.75) is 32.7 Å². The summed E-state index contributed by atoms with van der Waals surface area (Å²) in [7, 11) is 1.35. The van der Waals surface area contributed by atoms with Gasteiger partial charge in [0.2, 0.25) is 5.91 Å². The highest BCUT2D eigenvalue weighted by molar-refractivity contribution is 6.11. The van der Waals surface area contributed by atoms with Gasteiger partial charge < -0.3 is 24.7 Å². The quantitative estimate of drug-likeness (QED) is 0.481. The first-order chi connectivity index (χ1) is 16.1. The van der Waals surface area contributed by atoms with Gasteiger partial charge in [0.25, 0.3) is 0 Å². The Bertz CT molecular complexity index is 1120. The van der Waals surface area contributed by atoms with Crippen LogP contribution in [0, 0.1) is 5.92 Å². The van der Waals surface area contributed by atoms with E-state index >= 15 is 0 Å². The molecule has 0 bridgehead atoms. The number of hydrogen-bond acceptors (Lipinski definition) is 6. The number of fused-ring (bicyclic) bond motifs is 1. The third-order valence-corrected chi connectivity index (χ3v) is 5.87. The minimum absolute atomic E-state index is 0.160. The van der Waals surface area contributed by atoms with Crippen molar-refractivity contribution in [1.29, 1.82) is 0 Å². The number of ether oxygens (including phenoxy) is 2. The van der Waals surface area contributed by atoms with Crippen LogP contribution in [-0.2, 0) is 27.2 Å². The molecule has 1 atom stereocenters. The molecular formula is C25H30N4O4. The monoisotopic (exact) mass is 450 g/mol. The topological polar surface area (TPSA) is 94.5 Å². The molecule has 174 valence electrons. The highest BCUT2D eigenvalue weighted by atomic mass is 16.5. The highest BCUT2D eigenvalue weighted by Gasteiger charge is 2.29. The van der Waals surface area contributed by atoms with E-state index in [1.807, 2.05) is 41.0 Å². The predicted octanol–water partition coefficient (Wildman–Crippen LogP) is 3.86. The molecule has 1 aliphatic rings. The number of pyridine rings is 1. The van der Waals surface area contributed by atoms with Gasteiger partial charge in [0.05, 0.1) is 37.2 Å². The highest BCUT2D eigenvalue weighted by Crippen LogP contribution is 2.33. The van der Waals surface area contributed by atoms with E-state index in [9.17, 15) is 9.59 Å². The number of methoxy groups -OCH3 is 1. The molecule has 1 fully saturated rings. The number of esters is 1.